The van der Waals surface area contributed by atoms with Crippen molar-refractivity contribution in [2.45, 2.75) is 44.6 Å². The summed E-state index contributed by atoms with van der Waals surface area (Å²) in [5.41, 5.74) is 0. The van der Waals surface area contributed by atoms with Crippen LogP contribution in [-0.4, -0.2) is 73.6 Å². The molecule has 7 nitrogen and oxygen atoms in total. The van der Waals surface area contributed by atoms with Gasteiger partial charge in [-0.15, -0.1) is 0 Å². The van der Waals surface area contributed by atoms with Crippen LogP contribution in [0.25, 0.3) is 0 Å². The van der Waals surface area contributed by atoms with Crippen molar-refractivity contribution in [3.05, 3.63) is 0 Å². The molecule has 0 aromatic carbocycles. The number of nitrogens with zero attached hydrogens (tertiary/aromatic N) is 1. The summed E-state index contributed by atoms with van der Waals surface area (Å²) in [6.45, 7) is 6.19. The lowest BCUT2D eigenvalue weighted by molar-refractivity contribution is -0.208. The van der Waals surface area contributed by atoms with E-state index in [1.54, 1.807) is 4.90 Å². The van der Waals surface area contributed by atoms with Gasteiger partial charge in [-0.05, 0) is 13.8 Å². The second-order valence-corrected chi connectivity index (χ2v) is 5.34. The second-order valence-electron chi connectivity index (χ2n) is 5.34. The van der Waals surface area contributed by atoms with E-state index in [1.807, 2.05) is 13.8 Å². The van der Waals surface area contributed by atoms with Gasteiger partial charge in [0.2, 0.25) is 0 Å². The monoisotopic (exact) mass is 289 g/mol. The molecule has 0 spiro atoms. The van der Waals surface area contributed by atoms with Crippen LogP contribution in [0.3, 0.4) is 0 Å². The summed E-state index contributed by atoms with van der Waals surface area (Å²) in [6, 6.07) is 0. The molecule has 20 heavy (non-hydrogen) atoms. The lowest BCUT2D eigenvalue weighted by Gasteiger charge is -2.29. The van der Waals surface area contributed by atoms with E-state index in [0.29, 0.717) is 32.7 Å². The number of ether oxygens (including phenoxy) is 4. The van der Waals surface area contributed by atoms with Crippen LogP contribution < -0.4 is 0 Å². The standard InChI is InChI=1S/C12H19NO5.CH4O/c1-12(2)17-9-7-8(16-11(9)18-12)10(14)13-3-5-15-6-4-13;1-2/h8-9,11H,3-7H2,1-2H3;2H,1H3/t8-,9?,11?;/m1./s1. The number of aliphatic hydroxyl groups excluding tert-OH is 1. The van der Waals surface area contributed by atoms with Gasteiger partial charge in [0, 0.05) is 26.6 Å². The van der Waals surface area contributed by atoms with Crippen molar-refractivity contribution in [3.63, 3.8) is 0 Å². The molecule has 0 aliphatic carbocycles. The first-order valence-electron chi connectivity index (χ1n) is 6.87. The molecule has 0 aromatic heterocycles. The van der Waals surface area contributed by atoms with Gasteiger partial charge >= 0.3 is 0 Å². The topological polar surface area (TPSA) is 77.5 Å². The lowest BCUT2D eigenvalue weighted by atomic mass is 10.2. The van der Waals surface area contributed by atoms with Crippen molar-refractivity contribution in [1.82, 2.24) is 4.90 Å². The Bertz CT molecular complexity index is 326. The molecule has 0 radical (unpaired) electrons. The molecular formula is C13H23NO6. The Morgan fingerprint density at radius 3 is 2.45 bits per heavy atom. The highest BCUT2D eigenvalue weighted by Gasteiger charge is 2.50. The zero-order chi connectivity index (χ0) is 14.8. The van der Waals surface area contributed by atoms with E-state index in [-0.39, 0.29) is 12.0 Å². The van der Waals surface area contributed by atoms with E-state index in [4.69, 9.17) is 24.1 Å². The molecule has 0 bridgehead atoms. The Balaban J connectivity index is 0.000000704. The summed E-state index contributed by atoms with van der Waals surface area (Å²) in [4.78, 5) is 14.0. The van der Waals surface area contributed by atoms with Gasteiger partial charge in [-0.3, -0.25) is 4.79 Å². The maximum atomic E-state index is 12.2. The Hall–Kier alpha value is -0.730. The number of amides is 1. The molecule has 3 aliphatic rings. The van der Waals surface area contributed by atoms with E-state index in [0.717, 1.165) is 7.11 Å². The number of aliphatic hydroxyl groups is 1. The van der Waals surface area contributed by atoms with E-state index in [9.17, 15) is 4.79 Å². The third kappa shape index (κ3) is 3.29. The summed E-state index contributed by atoms with van der Waals surface area (Å²) in [7, 11) is 1.00. The summed E-state index contributed by atoms with van der Waals surface area (Å²) >= 11 is 0. The van der Waals surface area contributed by atoms with Crippen LogP contribution in [0.1, 0.15) is 20.3 Å². The molecule has 2 unspecified atom stereocenters. The van der Waals surface area contributed by atoms with E-state index < -0.39 is 18.2 Å². The molecule has 0 aromatic rings. The number of morpholine rings is 1. The van der Waals surface area contributed by atoms with Crippen molar-refractivity contribution in [2.24, 2.45) is 0 Å². The summed E-state index contributed by atoms with van der Waals surface area (Å²) in [5.74, 6) is -0.583. The molecule has 116 valence electrons. The molecule has 3 fully saturated rings. The van der Waals surface area contributed by atoms with Gasteiger partial charge in [-0.25, -0.2) is 0 Å². The van der Waals surface area contributed by atoms with E-state index in [1.165, 1.54) is 0 Å². The lowest BCUT2D eigenvalue weighted by Crippen LogP contribution is -2.46. The van der Waals surface area contributed by atoms with Gasteiger partial charge in [-0.1, -0.05) is 0 Å². The maximum Gasteiger partial charge on any atom is 0.252 e. The third-order valence-corrected chi connectivity index (χ3v) is 3.48. The number of hydrogen-bond donors (Lipinski definition) is 1. The van der Waals surface area contributed by atoms with Gasteiger partial charge < -0.3 is 29.0 Å². The number of rotatable bonds is 1. The summed E-state index contributed by atoms with van der Waals surface area (Å²) in [6.07, 6.45) is -0.399. The Morgan fingerprint density at radius 2 is 1.85 bits per heavy atom. The highest BCUT2D eigenvalue weighted by Crippen LogP contribution is 2.37. The molecule has 3 aliphatic heterocycles. The average molecular weight is 289 g/mol. The predicted molar refractivity (Wildman–Crippen MR) is 68.9 cm³/mol. The van der Waals surface area contributed by atoms with Crippen LogP contribution >= 0.6 is 0 Å². The minimum atomic E-state index is -0.609. The Morgan fingerprint density at radius 1 is 1.20 bits per heavy atom. The highest BCUT2D eigenvalue weighted by atomic mass is 16.8. The SMILES string of the molecule is CC1(C)OC2C[C@H](C(=O)N3CCOCC3)OC2O1.CO. The highest BCUT2D eigenvalue weighted by molar-refractivity contribution is 5.81. The summed E-state index contributed by atoms with van der Waals surface area (Å²) < 4.78 is 22.2. The van der Waals surface area contributed by atoms with Crippen LogP contribution in [0.4, 0.5) is 0 Å². The molecule has 3 rings (SSSR count). The second kappa shape index (κ2) is 6.36. The van der Waals surface area contributed by atoms with Crippen molar-refractivity contribution < 1.29 is 28.8 Å². The van der Waals surface area contributed by atoms with E-state index in [2.05, 4.69) is 0 Å². The number of carbonyl (C=O) groups excluding carboxylic acids is 1. The quantitative estimate of drug-likeness (QED) is 0.715. The van der Waals surface area contributed by atoms with Crippen LogP contribution in [0, 0.1) is 0 Å². The van der Waals surface area contributed by atoms with Gasteiger partial charge in [0.1, 0.15) is 12.2 Å². The van der Waals surface area contributed by atoms with E-state index >= 15 is 0 Å². The minimum Gasteiger partial charge on any atom is -0.400 e. The molecule has 3 saturated heterocycles. The summed E-state index contributed by atoms with van der Waals surface area (Å²) in [5, 5.41) is 7.00. The maximum absolute atomic E-state index is 12.2. The van der Waals surface area contributed by atoms with Crippen molar-refractivity contribution in [2.75, 3.05) is 33.4 Å². The predicted octanol–water partition coefficient (Wildman–Crippen LogP) is -0.280. The Labute approximate surface area is 118 Å². The zero-order valence-electron chi connectivity index (χ0n) is 12.2. The number of carbonyl (C=O) groups is 1. The normalized spacial score (nSPS) is 35.2. The van der Waals surface area contributed by atoms with Gasteiger partial charge in [0.05, 0.1) is 13.2 Å². The first-order chi connectivity index (χ1) is 9.55. The van der Waals surface area contributed by atoms with Crippen LogP contribution in [0.5, 0.6) is 0 Å². The fourth-order valence-corrected chi connectivity index (χ4v) is 2.65. The molecule has 7 heteroatoms. The molecule has 3 atom stereocenters. The van der Waals surface area contributed by atoms with Crippen LogP contribution in [-0.2, 0) is 23.7 Å². The van der Waals surface area contributed by atoms with Crippen LogP contribution in [0.2, 0.25) is 0 Å². The minimum absolute atomic E-state index is 0.0257. The fraction of sp³-hybridized carbons (Fsp3) is 0.923. The van der Waals surface area contributed by atoms with Crippen LogP contribution in [0.15, 0.2) is 0 Å². The number of hydrogen-bond acceptors (Lipinski definition) is 6. The van der Waals surface area contributed by atoms with Crippen molar-refractivity contribution >= 4 is 5.91 Å². The zero-order valence-corrected chi connectivity index (χ0v) is 12.2. The molecule has 0 saturated carbocycles. The molecular weight excluding hydrogens is 266 g/mol. The molecule has 1 N–H and O–H groups in total. The molecule has 3 heterocycles. The smallest absolute Gasteiger partial charge is 0.252 e. The Kier molecular flexibility index (Phi) is 4.98. The first-order valence-corrected chi connectivity index (χ1v) is 6.87. The van der Waals surface area contributed by atoms with Gasteiger partial charge in [-0.2, -0.15) is 0 Å². The van der Waals surface area contributed by atoms with Gasteiger partial charge in [0.25, 0.3) is 5.91 Å². The van der Waals surface area contributed by atoms with Crippen molar-refractivity contribution in [3.8, 4) is 0 Å². The average Bonchev–Trinajstić information content (AvgIpc) is 2.94. The first kappa shape index (κ1) is 15.7. The largest absolute Gasteiger partial charge is 0.400 e. The molecule has 1 amide bonds. The number of fused-ring (bicyclic) bond motifs is 1. The third-order valence-electron chi connectivity index (χ3n) is 3.48. The fourth-order valence-electron chi connectivity index (χ4n) is 2.65. The van der Waals surface area contributed by atoms with Crippen molar-refractivity contribution in [1.29, 1.82) is 0 Å². The van der Waals surface area contributed by atoms with Gasteiger partial charge in [0.15, 0.2) is 12.1 Å².